The van der Waals surface area contributed by atoms with E-state index in [0.717, 1.165) is 35.0 Å². The number of rotatable bonds is 6. The Morgan fingerprint density at radius 1 is 1.23 bits per heavy atom. The number of aryl methyl sites for hydroxylation is 1. The van der Waals surface area contributed by atoms with Gasteiger partial charge in [-0.2, -0.15) is 0 Å². The van der Waals surface area contributed by atoms with Crippen LogP contribution in [0.2, 0.25) is 5.02 Å². The van der Waals surface area contributed by atoms with Crippen molar-refractivity contribution in [3.8, 4) is 5.75 Å². The molecule has 3 rings (SSSR count). The van der Waals surface area contributed by atoms with Crippen molar-refractivity contribution in [2.75, 3.05) is 26.7 Å². The molecule has 26 heavy (non-hydrogen) atoms. The molecule has 0 aromatic heterocycles. The van der Waals surface area contributed by atoms with E-state index in [1.54, 1.807) is 13.2 Å². The van der Waals surface area contributed by atoms with Gasteiger partial charge in [0.25, 0.3) is 5.91 Å². The maximum Gasteiger partial charge on any atom is 0.251 e. The molecule has 1 saturated heterocycles. The fourth-order valence-electron chi connectivity index (χ4n) is 3.49. The number of amides is 1. The number of ether oxygens (including phenoxy) is 1. The van der Waals surface area contributed by atoms with Crippen LogP contribution in [0, 0.1) is 6.92 Å². The lowest BCUT2D eigenvalue weighted by atomic mass is 10.0. The molecule has 0 saturated carbocycles. The Kier molecular flexibility index (Phi) is 6.17. The Hall–Kier alpha value is -2.04. The van der Waals surface area contributed by atoms with Crippen LogP contribution in [0.25, 0.3) is 0 Å². The molecule has 5 heteroatoms. The number of halogens is 1. The predicted molar refractivity (Wildman–Crippen MR) is 105 cm³/mol. The summed E-state index contributed by atoms with van der Waals surface area (Å²) < 4.78 is 5.32. The van der Waals surface area contributed by atoms with Crippen molar-refractivity contribution >= 4 is 17.5 Å². The van der Waals surface area contributed by atoms with E-state index in [-0.39, 0.29) is 11.9 Å². The van der Waals surface area contributed by atoms with E-state index in [1.165, 1.54) is 12.8 Å². The Balaban J connectivity index is 1.75. The first-order valence-corrected chi connectivity index (χ1v) is 9.39. The lowest BCUT2D eigenvalue weighted by Gasteiger charge is -2.29. The number of likely N-dealkylation sites (tertiary alicyclic amines) is 1. The van der Waals surface area contributed by atoms with Crippen molar-refractivity contribution in [3.63, 3.8) is 0 Å². The van der Waals surface area contributed by atoms with Crippen molar-refractivity contribution in [2.45, 2.75) is 25.8 Å². The maximum atomic E-state index is 12.6. The quantitative estimate of drug-likeness (QED) is 0.825. The molecule has 0 radical (unpaired) electrons. The van der Waals surface area contributed by atoms with Crippen molar-refractivity contribution in [3.05, 3.63) is 64.2 Å². The standard InChI is InChI=1S/C21H25ClN2O2/c1-15-9-10-16(13-20(15)26-2)21(25)23-14-19(24-11-5-6-12-24)17-7-3-4-8-18(17)22/h3-4,7-10,13,19H,5-6,11-12,14H2,1-2H3,(H,23,25). The van der Waals surface area contributed by atoms with Gasteiger partial charge in [-0.05, 0) is 62.2 Å². The van der Waals surface area contributed by atoms with Gasteiger partial charge in [0.1, 0.15) is 5.75 Å². The summed E-state index contributed by atoms with van der Waals surface area (Å²) in [5.41, 5.74) is 2.68. The molecule has 1 atom stereocenters. The lowest BCUT2D eigenvalue weighted by Crippen LogP contribution is -2.37. The number of hydrogen-bond acceptors (Lipinski definition) is 3. The summed E-state index contributed by atoms with van der Waals surface area (Å²) in [6, 6.07) is 13.5. The van der Waals surface area contributed by atoms with E-state index in [2.05, 4.69) is 10.2 Å². The predicted octanol–water partition coefficient (Wildman–Crippen LogP) is 4.22. The van der Waals surface area contributed by atoms with Crippen LogP contribution in [0.3, 0.4) is 0 Å². The van der Waals surface area contributed by atoms with E-state index in [1.807, 2.05) is 43.3 Å². The minimum absolute atomic E-state index is 0.0856. The summed E-state index contributed by atoms with van der Waals surface area (Å²) in [5.74, 6) is 0.624. The molecular weight excluding hydrogens is 348 g/mol. The molecule has 4 nitrogen and oxygen atoms in total. The van der Waals surface area contributed by atoms with Crippen LogP contribution in [0.15, 0.2) is 42.5 Å². The number of nitrogens with one attached hydrogen (secondary N) is 1. The highest BCUT2D eigenvalue weighted by molar-refractivity contribution is 6.31. The van der Waals surface area contributed by atoms with Gasteiger partial charge in [0.15, 0.2) is 0 Å². The van der Waals surface area contributed by atoms with Crippen LogP contribution in [-0.4, -0.2) is 37.6 Å². The lowest BCUT2D eigenvalue weighted by molar-refractivity contribution is 0.0937. The normalized spacial score (nSPS) is 15.7. The average Bonchev–Trinajstić information content (AvgIpc) is 3.18. The smallest absolute Gasteiger partial charge is 0.251 e. The van der Waals surface area contributed by atoms with Crippen molar-refractivity contribution in [1.82, 2.24) is 10.2 Å². The van der Waals surface area contributed by atoms with Crippen molar-refractivity contribution < 1.29 is 9.53 Å². The number of methoxy groups -OCH3 is 1. The molecule has 1 aliphatic heterocycles. The molecule has 1 unspecified atom stereocenters. The highest BCUT2D eigenvalue weighted by Gasteiger charge is 2.25. The first-order valence-electron chi connectivity index (χ1n) is 9.01. The van der Waals surface area contributed by atoms with Crippen LogP contribution in [-0.2, 0) is 0 Å². The Morgan fingerprint density at radius 2 is 1.96 bits per heavy atom. The molecule has 2 aromatic carbocycles. The monoisotopic (exact) mass is 372 g/mol. The van der Waals surface area contributed by atoms with Gasteiger partial charge in [-0.3, -0.25) is 9.69 Å². The largest absolute Gasteiger partial charge is 0.496 e. The number of carbonyl (C=O) groups excluding carboxylic acids is 1. The molecular formula is C21H25ClN2O2. The topological polar surface area (TPSA) is 41.6 Å². The molecule has 0 bridgehead atoms. The first-order chi connectivity index (χ1) is 12.6. The molecule has 1 N–H and O–H groups in total. The van der Waals surface area contributed by atoms with Gasteiger partial charge in [0.05, 0.1) is 13.2 Å². The van der Waals surface area contributed by atoms with Gasteiger partial charge in [0.2, 0.25) is 0 Å². The van der Waals surface area contributed by atoms with Crippen LogP contribution in [0.5, 0.6) is 5.75 Å². The van der Waals surface area contributed by atoms with Crippen LogP contribution in [0.4, 0.5) is 0 Å². The zero-order chi connectivity index (χ0) is 18.5. The molecule has 1 amide bonds. The zero-order valence-electron chi connectivity index (χ0n) is 15.3. The molecule has 138 valence electrons. The number of nitrogens with zero attached hydrogens (tertiary/aromatic N) is 1. The summed E-state index contributed by atoms with van der Waals surface area (Å²) in [7, 11) is 1.62. The third-order valence-electron chi connectivity index (χ3n) is 4.97. The first kappa shape index (κ1) is 18.7. The molecule has 0 spiro atoms. The fourth-order valence-corrected chi connectivity index (χ4v) is 3.75. The summed E-state index contributed by atoms with van der Waals surface area (Å²) >= 11 is 6.43. The second kappa shape index (κ2) is 8.56. The SMILES string of the molecule is COc1cc(C(=O)NCC(c2ccccc2Cl)N2CCCC2)ccc1C. The summed E-state index contributed by atoms with van der Waals surface area (Å²) in [5, 5.41) is 3.82. The van der Waals surface area contributed by atoms with Crippen LogP contribution in [0.1, 0.15) is 40.4 Å². The average molecular weight is 373 g/mol. The third-order valence-corrected chi connectivity index (χ3v) is 5.32. The van der Waals surface area contributed by atoms with Crippen LogP contribution >= 0.6 is 11.6 Å². The number of carbonyl (C=O) groups is 1. The zero-order valence-corrected chi connectivity index (χ0v) is 16.1. The third kappa shape index (κ3) is 4.19. The number of hydrogen-bond donors (Lipinski definition) is 1. The van der Waals surface area contributed by atoms with E-state index in [9.17, 15) is 4.79 Å². The Bertz CT molecular complexity index is 772. The van der Waals surface area contributed by atoms with Crippen LogP contribution < -0.4 is 10.1 Å². The molecule has 1 fully saturated rings. The molecule has 1 heterocycles. The summed E-state index contributed by atoms with van der Waals surface area (Å²) in [4.78, 5) is 15.0. The van der Waals surface area contributed by atoms with Gasteiger partial charge >= 0.3 is 0 Å². The van der Waals surface area contributed by atoms with E-state index in [4.69, 9.17) is 16.3 Å². The van der Waals surface area contributed by atoms with Gasteiger partial charge in [-0.25, -0.2) is 0 Å². The van der Waals surface area contributed by atoms with Gasteiger partial charge in [-0.15, -0.1) is 0 Å². The second-order valence-electron chi connectivity index (χ2n) is 6.67. The van der Waals surface area contributed by atoms with E-state index < -0.39 is 0 Å². The van der Waals surface area contributed by atoms with Gasteiger partial charge in [-0.1, -0.05) is 35.9 Å². The Labute approximate surface area is 160 Å². The highest BCUT2D eigenvalue weighted by Crippen LogP contribution is 2.30. The van der Waals surface area contributed by atoms with Crippen molar-refractivity contribution in [1.29, 1.82) is 0 Å². The molecule has 0 aliphatic carbocycles. The summed E-state index contributed by atoms with van der Waals surface area (Å²) in [6.45, 7) is 4.55. The van der Waals surface area contributed by atoms with Crippen molar-refractivity contribution in [2.24, 2.45) is 0 Å². The number of benzene rings is 2. The Morgan fingerprint density at radius 3 is 2.65 bits per heavy atom. The highest BCUT2D eigenvalue weighted by atomic mass is 35.5. The minimum atomic E-state index is -0.0976. The summed E-state index contributed by atoms with van der Waals surface area (Å²) in [6.07, 6.45) is 2.37. The molecule has 1 aliphatic rings. The van der Waals surface area contributed by atoms with E-state index in [0.29, 0.717) is 12.1 Å². The van der Waals surface area contributed by atoms with E-state index >= 15 is 0 Å². The van der Waals surface area contributed by atoms with Gasteiger partial charge in [0, 0.05) is 17.1 Å². The second-order valence-corrected chi connectivity index (χ2v) is 7.08. The molecule has 2 aromatic rings. The maximum absolute atomic E-state index is 12.6. The minimum Gasteiger partial charge on any atom is -0.496 e. The van der Waals surface area contributed by atoms with Gasteiger partial charge < -0.3 is 10.1 Å². The fraction of sp³-hybridized carbons (Fsp3) is 0.381.